The summed E-state index contributed by atoms with van der Waals surface area (Å²) in [6.45, 7) is 0.683. The van der Waals surface area contributed by atoms with Crippen molar-refractivity contribution in [3.8, 4) is 11.5 Å². The van der Waals surface area contributed by atoms with Crippen LogP contribution in [0.4, 0.5) is 11.4 Å². The highest BCUT2D eigenvalue weighted by atomic mass is 32.2. The Balaban J connectivity index is 1.58. The molecule has 3 aromatic rings. The molecule has 1 aromatic heterocycles. The summed E-state index contributed by atoms with van der Waals surface area (Å²) in [5, 5.41) is 2.74. The van der Waals surface area contributed by atoms with Gasteiger partial charge in [-0.2, -0.15) is 0 Å². The average molecular weight is 439 g/mol. The highest BCUT2D eigenvalue weighted by Gasteiger charge is 2.27. The number of nitrogens with one attached hydrogen (secondary N) is 1. The number of ether oxygens (including phenoxy) is 2. The van der Waals surface area contributed by atoms with Crippen LogP contribution in [0.1, 0.15) is 6.42 Å². The number of benzene rings is 2. The minimum atomic E-state index is -3.96. The molecule has 0 unspecified atom stereocenters. The van der Waals surface area contributed by atoms with Crippen molar-refractivity contribution in [1.82, 2.24) is 4.98 Å². The van der Waals surface area contributed by atoms with Crippen LogP contribution in [0.5, 0.6) is 11.5 Å². The van der Waals surface area contributed by atoms with E-state index >= 15 is 0 Å². The first kappa shape index (κ1) is 20.7. The minimum Gasteiger partial charge on any atom is -0.490 e. The first-order chi connectivity index (χ1) is 15.0. The number of hydrogen-bond acceptors (Lipinski definition) is 6. The van der Waals surface area contributed by atoms with Crippen molar-refractivity contribution in [3.05, 3.63) is 73.1 Å². The third-order valence-electron chi connectivity index (χ3n) is 4.60. The maximum atomic E-state index is 13.2. The van der Waals surface area contributed by atoms with E-state index in [0.29, 0.717) is 36.1 Å². The van der Waals surface area contributed by atoms with Crippen molar-refractivity contribution < 1.29 is 22.7 Å². The number of amides is 1. The van der Waals surface area contributed by atoms with Crippen LogP contribution in [0.15, 0.2) is 78.0 Å². The zero-order valence-corrected chi connectivity index (χ0v) is 17.4. The molecule has 2 aromatic carbocycles. The van der Waals surface area contributed by atoms with E-state index in [1.807, 2.05) is 0 Å². The predicted octanol–water partition coefficient (Wildman–Crippen LogP) is 3.08. The number of carbonyl (C=O) groups excluding carboxylic acids is 1. The van der Waals surface area contributed by atoms with Gasteiger partial charge in [0, 0.05) is 30.6 Å². The summed E-state index contributed by atoms with van der Waals surface area (Å²) in [5.41, 5.74) is 0.828. The Morgan fingerprint density at radius 1 is 0.968 bits per heavy atom. The number of pyridine rings is 1. The molecule has 1 N–H and O–H groups in total. The van der Waals surface area contributed by atoms with Gasteiger partial charge in [-0.05, 0) is 36.4 Å². The molecule has 9 heteroatoms. The molecular weight excluding hydrogens is 418 g/mol. The van der Waals surface area contributed by atoms with Crippen molar-refractivity contribution >= 4 is 27.3 Å². The van der Waals surface area contributed by atoms with Crippen LogP contribution in [-0.2, 0) is 14.8 Å². The molecule has 8 nitrogen and oxygen atoms in total. The molecular formula is C22H21N3O5S. The van der Waals surface area contributed by atoms with E-state index in [2.05, 4.69) is 10.3 Å². The second-order valence-electron chi connectivity index (χ2n) is 6.79. The van der Waals surface area contributed by atoms with Gasteiger partial charge in [-0.15, -0.1) is 0 Å². The molecule has 0 saturated heterocycles. The van der Waals surface area contributed by atoms with Gasteiger partial charge in [0.15, 0.2) is 11.5 Å². The molecule has 0 fully saturated rings. The molecule has 160 valence electrons. The number of hydrogen-bond donors (Lipinski definition) is 1. The second kappa shape index (κ2) is 9.05. The van der Waals surface area contributed by atoms with E-state index in [0.717, 1.165) is 10.7 Å². The van der Waals surface area contributed by atoms with Crippen LogP contribution < -0.4 is 19.1 Å². The van der Waals surface area contributed by atoms with E-state index in [1.54, 1.807) is 48.5 Å². The summed E-state index contributed by atoms with van der Waals surface area (Å²) >= 11 is 0. The number of fused-ring (bicyclic) bond motifs is 1. The van der Waals surface area contributed by atoms with Crippen molar-refractivity contribution in [1.29, 1.82) is 0 Å². The highest BCUT2D eigenvalue weighted by molar-refractivity contribution is 7.92. The molecule has 4 rings (SSSR count). The minimum absolute atomic E-state index is 0.0928. The van der Waals surface area contributed by atoms with E-state index in [9.17, 15) is 13.2 Å². The summed E-state index contributed by atoms with van der Waals surface area (Å²) in [5.74, 6) is 0.657. The van der Waals surface area contributed by atoms with Gasteiger partial charge in [0.2, 0.25) is 5.91 Å². The largest absolute Gasteiger partial charge is 0.490 e. The summed E-state index contributed by atoms with van der Waals surface area (Å²) in [6, 6.07) is 16.1. The Kier molecular flexibility index (Phi) is 6.03. The predicted molar refractivity (Wildman–Crippen MR) is 116 cm³/mol. The van der Waals surface area contributed by atoms with Crippen LogP contribution in [-0.4, -0.2) is 39.1 Å². The van der Waals surface area contributed by atoms with Crippen LogP contribution in [0.3, 0.4) is 0 Å². The Bertz CT molecular complexity index is 1150. The van der Waals surface area contributed by atoms with Crippen molar-refractivity contribution in [2.75, 3.05) is 29.4 Å². The fourth-order valence-corrected chi connectivity index (χ4v) is 4.56. The summed E-state index contributed by atoms with van der Waals surface area (Å²) < 4.78 is 38.8. The lowest BCUT2D eigenvalue weighted by Gasteiger charge is -2.24. The molecule has 1 aliphatic rings. The molecule has 0 radical (unpaired) electrons. The lowest BCUT2D eigenvalue weighted by molar-refractivity contribution is -0.114. The van der Waals surface area contributed by atoms with E-state index in [1.165, 1.54) is 24.5 Å². The lowest BCUT2D eigenvalue weighted by Crippen LogP contribution is -2.38. The third kappa shape index (κ3) is 4.77. The number of aromatic nitrogens is 1. The Morgan fingerprint density at radius 2 is 1.68 bits per heavy atom. The van der Waals surface area contributed by atoms with Gasteiger partial charge in [0.1, 0.15) is 6.54 Å². The molecule has 31 heavy (non-hydrogen) atoms. The Labute approximate surface area is 180 Å². The van der Waals surface area contributed by atoms with Gasteiger partial charge in [-0.25, -0.2) is 8.42 Å². The Morgan fingerprint density at radius 3 is 2.42 bits per heavy atom. The standard InChI is InChI=1S/C22H21N3O5S/c26-22(24-17-7-8-20-21(15-17)30-14-4-13-29-20)16-25(18-9-11-23-12-10-18)31(27,28)19-5-2-1-3-6-19/h1-3,5-12,15H,4,13-14,16H2,(H,24,26). The van der Waals surface area contributed by atoms with E-state index in [4.69, 9.17) is 9.47 Å². The Hall–Kier alpha value is -3.59. The molecule has 0 atom stereocenters. The number of anilines is 2. The van der Waals surface area contributed by atoms with Crippen molar-refractivity contribution in [3.63, 3.8) is 0 Å². The van der Waals surface area contributed by atoms with Gasteiger partial charge in [-0.3, -0.25) is 14.1 Å². The third-order valence-corrected chi connectivity index (χ3v) is 6.39. The zero-order chi connectivity index (χ0) is 21.7. The quantitative estimate of drug-likeness (QED) is 0.634. The normalized spacial score (nSPS) is 13.2. The molecule has 0 aliphatic carbocycles. The number of nitrogens with zero attached hydrogens (tertiary/aromatic N) is 2. The first-order valence-corrected chi connectivity index (χ1v) is 11.2. The van der Waals surface area contributed by atoms with Crippen molar-refractivity contribution in [2.24, 2.45) is 0 Å². The monoisotopic (exact) mass is 439 g/mol. The van der Waals surface area contributed by atoms with Gasteiger partial charge in [0.25, 0.3) is 10.0 Å². The maximum absolute atomic E-state index is 13.2. The second-order valence-corrected chi connectivity index (χ2v) is 8.65. The van der Waals surface area contributed by atoms with Gasteiger partial charge in [-0.1, -0.05) is 18.2 Å². The molecule has 1 aliphatic heterocycles. The zero-order valence-electron chi connectivity index (χ0n) is 16.6. The van der Waals surface area contributed by atoms with Crippen LogP contribution in [0, 0.1) is 0 Å². The van der Waals surface area contributed by atoms with Gasteiger partial charge < -0.3 is 14.8 Å². The number of sulfonamides is 1. The van der Waals surface area contributed by atoms with Crippen LogP contribution in [0.2, 0.25) is 0 Å². The highest BCUT2D eigenvalue weighted by Crippen LogP contribution is 2.32. The maximum Gasteiger partial charge on any atom is 0.264 e. The summed E-state index contributed by atoms with van der Waals surface area (Å²) in [7, 11) is -3.96. The molecule has 0 bridgehead atoms. The van der Waals surface area contributed by atoms with E-state index in [-0.39, 0.29) is 4.90 Å². The number of carbonyl (C=O) groups is 1. The smallest absolute Gasteiger partial charge is 0.264 e. The van der Waals surface area contributed by atoms with Gasteiger partial charge in [0.05, 0.1) is 23.8 Å². The van der Waals surface area contributed by atoms with Gasteiger partial charge >= 0.3 is 0 Å². The fraction of sp³-hybridized carbons (Fsp3) is 0.182. The fourth-order valence-electron chi connectivity index (χ4n) is 3.12. The topological polar surface area (TPSA) is 97.8 Å². The first-order valence-electron chi connectivity index (χ1n) is 9.71. The SMILES string of the molecule is O=C(CN(c1ccncc1)S(=O)(=O)c1ccccc1)Nc1ccc2c(c1)OCCCO2. The lowest BCUT2D eigenvalue weighted by atomic mass is 10.2. The van der Waals surface area contributed by atoms with Crippen molar-refractivity contribution in [2.45, 2.75) is 11.3 Å². The summed E-state index contributed by atoms with van der Waals surface area (Å²) in [6.07, 6.45) is 3.73. The number of rotatable bonds is 6. The summed E-state index contributed by atoms with van der Waals surface area (Å²) in [4.78, 5) is 16.8. The molecule has 0 saturated carbocycles. The molecule has 0 spiro atoms. The van der Waals surface area contributed by atoms with Crippen LogP contribution >= 0.6 is 0 Å². The van der Waals surface area contributed by atoms with Crippen LogP contribution in [0.25, 0.3) is 0 Å². The molecule has 1 amide bonds. The van der Waals surface area contributed by atoms with E-state index < -0.39 is 22.5 Å². The molecule has 2 heterocycles. The average Bonchev–Trinajstić information content (AvgIpc) is 3.03.